The number of nitrogens with zero attached hydrogens (tertiary/aromatic N) is 2. The standard InChI is InChI=1S/C11H9BrN2O2/c12-9-2-1-3-10(4-9)14-6-8(5-13)7-16-11(14)15/h1-4,8H,6-7H2. The third kappa shape index (κ3) is 2.17. The van der Waals surface area contributed by atoms with Crippen molar-refractivity contribution in [1.29, 1.82) is 5.26 Å². The van der Waals surface area contributed by atoms with Gasteiger partial charge in [0.25, 0.3) is 0 Å². The van der Waals surface area contributed by atoms with Crippen molar-refractivity contribution < 1.29 is 9.53 Å². The van der Waals surface area contributed by atoms with E-state index in [1.807, 2.05) is 24.3 Å². The summed E-state index contributed by atoms with van der Waals surface area (Å²) < 4.78 is 5.82. The number of cyclic esters (lactones) is 1. The molecular weight excluding hydrogens is 272 g/mol. The first-order chi connectivity index (χ1) is 7.70. The Morgan fingerprint density at radius 1 is 1.56 bits per heavy atom. The predicted molar refractivity (Wildman–Crippen MR) is 61.9 cm³/mol. The highest BCUT2D eigenvalue weighted by molar-refractivity contribution is 9.10. The summed E-state index contributed by atoms with van der Waals surface area (Å²) in [6.07, 6.45) is -0.399. The molecule has 1 fully saturated rings. The molecule has 4 nitrogen and oxygen atoms in total. The van der Waals surface area contributed by atoms with E-state index in [0.717, 1.165) is 10.2 Å². The van der Waals surface area contributed by atoms with Gasteiger partial charge < -0.3 is 4.74 Å². The van der Waals surface area contributed by atoms with E-state index < -0.39 is 6.09 Å². The molecule has 82 valence electrons. The van der Waals surface area contributed by atoms with Gasteiger partial charge in [-0.05, 0) is 18.2 Å². The predicted octanol–water partition coefficient (Wildman–Crippen LogP) is 2.55. The van der Waals surface area contributed by atoms with Crippen molar-refractivity contribution in [1.82, 2.24) is 0 Å². The van der Waals surface area contributed by atoms with Crippen LogP contribution in [0.5, 0.6) is 0 Å². The van der Waals surface area contributed by atoms with Gasteiger partial charge in [0.05, 0.1) is 12.0 Å². The summed E-state index contributed by atoms with van der Waals surface area (Å²) in [6.45, 7) is 0.561. The summed E-state index contributed by atoms with van der Waals surface area (Å²) in [5.41, 5.74) is 0.735. The average Bonchev–Trinajstić information content (AvgIpc) is 2.30. The molecular formula is C11H9BrN2O2. The van der Waals surface area contributed by atoms with E-state index in [4.69, 9.17) is 10.00 Å². The van der Waals surface area contributed by atoms with Crippen LogP contribution in [-0.2, 0) is 4.74 Å². The fourth-order valence-corrected chi connectivity index (χ4v) is 1.92. The maximum atomic E-state index is 11.5. The lowest BCUT2D eigenvalue weighted by Crippen LogP contribution is -2.42. The van der Waals surface area contributed by atoms with Crippen LogP contribution in [0, 0.1) is 17.2 Å². The third-order valence-electron chi connectivity index (χ3n) is 2.33. The zero-order chi connectivity index (χ0) is 11.5. The number of carbonyl (C=O) groups excluding carboxylic acids is 1. The van der Waals surface area contributed by atoms with Gasteiger partial charge in [-0.15, -0.1) is 0 Å². The SMILES string of the molecule is N#CC1COC(=O)N(c2cccc(Br)c2)C1. The van der Waals surface area contributed by atoms with Gasteiger partial charge in [-0.25, -0.2) is 4.79 Å². The fraction of sp³-hybridized carbons (Fsp3) is 0.273. The Morgan fingerprint density at radius 2 is 2.38 bits per heavy atom. The molecule has 1 saturated heterocycles. The van der Waals surface area contributed by atoms with Gasteiger partial charge in [0, 0.05) is 16.7 Å². The molecule has 0 bridgehead atoms. The minimum Gasteiger partial charge on any atom is -0.448 e. The second-order valence-corrected chi connectivity index (χ2v) is 4.41. The number of hydrogen-bond acceptors (Lipinski definition) is 3. The summed E-state index contributed by atoms with van der Waals surface area (Å²) in [6, 6.07) is 9.45. The van der Waals surface area contributed by atoms with Crippen LogP contribution in [0.25, 0.3) is 0 Å². The van der Waals surface area contributed by atoms with Gasteiger partial charge in [0.2, 0.25) is 0 Å². The molecule has 0 spiro atoms. The molecule has 0 aromatic heterocycles. The molecule has 2 rings (SSSR count). The van der Waals surface area contributed by atoms with E-state index in [-0.39, 0.29) is 12.5 Å². The average molecular weight is 281 g/mol. The van der Waals surface area contributed by atoms with Crippen molar-refractivity contribution in [2.45, 2.75) is 0 Å². The Bertz CT molecular complexity index is 456. The molecule has 16 heavy (non-hydrogen) atoms. The number of hydrogen-bond donors (Lipinski definition) is 0. The van der Waals surface area contributed by atoms with E-state index >= 15 is 0 Å². The van der Waals surface area contributed by atoms with Crippen LogP contribution < -0.4 is 4.90 Å². The van der Waals surface area contributed by atoms with Gasteiger partial charge in [-0.1, -0.05) is 22.0 Å². The zero-order valence-electron chi connectivity index (χ0n) is 8.39. The molecule has 1 atom stereocenters. The van der Waals surface area contributed by atoms with E-state index in [0.29, 0.717) is 6.54 Å². The summed E-state index contributed by atoms with van der Waals surface area (Å²) in [7, 11) is 0. The van der Waals surface area contributed by atoms with Crippen LogP contribution in [0.1, 0.15) is 0 Å². The van der Waals surface area contributed by atoms with Crippen LogP contribution in [0.2, 0.25) is 0 Å². The Kier molecular flexibility index (Phi) is 3.11. The molecule has 0 radical (unpaired) electrons. The monoisotopic (exact) mass is 280 g/mol. The van der Waals surface area contributed by atoms with Crippen LogP contribution in [0.3, 0.4) is 0 Å². The number of nitriles is 1. The largest absolute Gasteiger partial charge is 0.448 e. The van der Waals surface area contributed by atoms with Crippen molar-refractivity contribution in [3.8, 4) is 6.07 Å². The van der Waals surface area contributed by atoms with Crippen molar-refractivity contribution >= 4 is 27.7 Å². The maximum Gasteiger partial charge on any atom is 0.414 e. The number of amides is 1. The molecule has 1 aliphatic rings. The van der Waals surface area contributed by atoms with Crippen LogP contribution >= 0.6 is 15.9 Å². The van der Waals surface area contributed by atoms with Crippen LogP contribution in [0.4, 0.5) is 10.5 Å². The van der Waals surface area contributed by atoms with Crippen molar-refractivity contribution in [2.75, 3.05) is 18.1 Å². The molecule has 1 unspecified atom stereocenters. The second kappa shape index (κ2) is 4.54. The minimum atomic E-state index is -0.399. The summed E-state index contributed by atoms with van der Waals surface area (Å²) >= 11 is 3.34. The lowest BCUT2D eigenvalue weighted by Gasteiger charge is -2.29. The number of rotatable bonds is 1. The number of benzene rings is 1. The second-order valence-electron chi connectivity index (χ2n) is 3.49. The number of carbonyl (C=O) groups is 1. The van der Waals surface area contributed by atoms with E-state index in [9.17, 15) is 4.79 Å². The van der Waals surface area contributed by atoms with Gasteiger partial charge in [-0.2, -0.15) is 5.26 Å². The highest BCUT2D eigenvalue weighted by atomic mass is 79.9. The molecule has 1 amide bonds. The normalized spacial score (nSPS) is 20.1. The Hall–Kier alpha value is -1.54. The first-order valence-electron chi connectivity index (χ1n) is 4.80. The topological polar surface area (TPSA) is 53.3 Å². The van der Waals surface area contributed by atoms with Gasteiger partial charge in [0.15, 0.2) is 0 Å². The molecule has 0 saturated carbocycles. The molecule has 0 N–H and O–H groups in total. The summed E-state index contributed by atoms with van der Waals surface area (Å²) in [4.78, 5) is 13.0. The van der Waals surface area contributed by atoms with Crippen molar-refractivity contribution in [3.05, 3.63) is 28.7 Å². The quantitative estimate of drug-likeness (QED) is 0.794. The molecule has 5 heteroatoms. The molecule has 1 heterocycles. The van der Waals surface area contributed by atoms with E-state index in [1.165, 1.54) is 4.90 Å². The lowest BCUT2D eigenvalue weighted by atomic mass is 10.1. The summed E-state index contributed by atoms with van der Waals surface area (Å²) in [5, 5.41) is 8.82. The van der Waals surface area contributed by atoms with Gasteiger partial charge in [-0.3, -0.25) is 4.90 Å². The summed E-state index contributed by atoms with van der Waals surface area (Å²) in [5.74, 6) is -0.267. The lowest BCUT2D eigenvalue weighted by molar-refractivity contribution is 0.127. The fourth-order valence-electron chi connectivity index (χ4n) is 1.53. The van der Waals surface area contributed by atoms with E-state index in [1.54, 1.807) is 0 Å². The highest BCUT2D eigenvalue weighted by Gasteiger charge is 2.28. The smallest absolute Gasteiger partial charge is 0.414 e. The molecule has 0 aliphatic carbocycles. The first kappa shape index (κ1) is 11.0. The third-order valence-corrected chi connectivity index (χ3v) is 2.83. The Labute approximate surface area is 102 Å². The van der Waals surface area contributed by atoms with E-state index in [2.05, 4.69) is 22.0 Å². The zero-order valence-corrected chi connectivity index (χ0v) is 9.98. The molecule has 1 aromatic carbocycles. The molecule has 1 aliphatic heterocycles. The minimum absolute atomic E-state index is 0.180. The Morgan fingerprint density at radius 3 is 3.06 bits per heavy atom. The highest BCUT2D eigenvalue weighted by Crippen LogP contribution is 2.23. The van der Waals surface area contributed by atoms with Crippen LogP contribution in [-0.4, -0.2) is 19.2 Å². The maximum absolute atomic E-state index is 11.5. The number of ether oxygens (including phenoxy) is 1. The van der Waals surface area contributed by atoms with Gasteiger partial charge >= 0.3 is 6.09 Å². The first-order valence-corrected chi connectivity index (χ1v) is 5.59. The van der Waals surface area contributed by atoms with Crippen molar-refractivity contribution in [2.24, 2.45) is 5.92 Å². The van der Waals surface area contributed by atoms with Crippen LogP contribution in [0.15, 0.2) is 28.7 Å². The van der Waals surface area contributed by atoms with Gasteiger partial charge in [0.1, 0.15) is 6.61 Å². The number of anilines is 1. The Balaban J connectivity index is 2.25. The van der Waals surface area contributed by atoms with Crippen molar-refractivity contribution in [3.63, 3.8) is 0 Å². The molecule has 1 aromatic rings. The number of halogens is 1.